The van der Waals surface area contributed by atoms with E-state index < -0.39 is 8.07 Å². The number of para-hydroxylation sites is 1. The predicted molar refractivity (Wildman–Crippen MR) is 105 cm³/mol. The zero-order chi connectivity index (χ0) is 17.8. The molecule has 0 bridgehead atoms. The molecule has 5 heteroatoms. The molecule has 0 radical (unpaired) electrons. The molecule has 0 unspecified atom stereocenters. The molecule has 2 heterocycles. The van der Waals surface area contributed by atoms with Crippen molar-refractivity contribution >= 4 is 19.0 Å². The molecular weight excluding hydrogens is 326 g/mol. The third-order valence-corrected chi connectivity index (χ3v) is 7.31. The van der Waals surface area contributed by atoms with Crippen LogP contribution in [0, 0.1) is 6.92 Å². The number of hydrogen-bond donors (Lipinski definition) is 0. The molecule has 4 rings (SSSR count). The predicted octanol–water partition coefficient (Wildman–Crippen LogP) is 3.64. The van der Waals surface area contributed by atoms with E-state index in [0.717, 1.165) is 11.3 Å². The smallest absolute Gasteiger partial charge is 0.280 e. The number of hydrogen-bond acceptors (Lipinski definition) is 3. The van der Waals surface area contributed by atoms with Crippen molar-refractivity contribution in [1.29, 1.82) is 0 Å². The maximum atomic E-state index is 13.2. The normalized spacial score (nSPS) is 20.1. The third kappa shape index (κ3) is 2.59. The van der Waals surface area contributed by atoms with Crippen LogP contribution < -0.4 is 10.6 Å². The molecule has 2 atom stereocenters. The molecule has 1 aliphatic heterocycles. The number of rotatable bonds is 3. The number of fused-ring (bicyclic) bond motifs is 1. The van der Waals surface area contributed by atoms with E-state index in [0.29, 0.717) is 11.1 Å². The quantitative estimate of drug-likeness (QED) is 0.535. The lowest BCUT2D eigenvalue weighted by Gasteiger charge is -2.18. The Hall–Kier alpha value is -2.40. The molecule has 25 heavy (non-hydrogen) atoms. The van der Waals surface area contributed by atoms with E-state index in [1.54, 1.807) is 0 Å². The van der Waals surface area contributed by atoms with Crippen LogP contribution in [0.4, 0.5) is 0 Å². The van der Waals surface area contributed by atoms with Crippen molar-refractivity contribution < 1.29 is 0 Å². The van der Waals surface area contributed by atoms with Gasteiger partial charge in [0.25, 0.3) is 5.56 Å². The number of benzene rings is 2. The first kappa shape index (κ1) is 16.1. The molecule has 1 aliphatic rings. The number of aromatic nitrogens is 2. The van der Waals surface area contributed by atoms with Crippen LogP contribution in [0.15, 0.2) is 59.4 Å². The minimum atomic E-state index is -1.49. The summed E-state index contributed by atoms with van der Waals surface area (Å²) in [7, 11) is -1.49. The maximum Gasteiger partial charge on any atom is 0.280 e. The van der Waals surface area contributed by atoms with Crippen molar-refractivity contribution in [3.05, 3.63) is 76.3 Å². The van der Waals surface area contributed by atoms with Gasteiger partial charge < -0.3 is 0 Å². The van der Waals surface area contributed by atoms with E-state index >= 15 is 0 Å². The highest BCUT2D eigenvalue weighted by molar-refractivity contribution is 6.79. The second kappa shape index (κ2) is 5.56. The minimum absolute atomic E-state index is 0.0322. The molecule has 128 valence electrons. The summed E-state index contributed by atoms with van der Waals surface area (Å²) in [4.78, 5) is 17.9. The Morgan fingerprint density at radius 3 is 2.28 bits per heavy atom. The second-order valence-electron chi connectivity index (χ2n) is 7.84. The van der Waals surface area contributed by atoms with Gasteiger partial charge in [-0.05, 0) is 24.6 Å². The molecule has 0 spiro atoms. The van der Waals surface area contributed by atoms with Crippen molar-refractivity contribution in [2.24, 2.45) is 0 Å². The second-order valence-corrected chi connectivity index (χ2v) is 13.2. The molecule has 0 N–H and O–H groups in total. The fraction of sp³-hybridized carbons (Fsp3) is 0.300. The molecular formula is C20H23N3OSi. The molecule has 4 nitrogen and oxygen atoms in total. The highest BCUT2D eigenvalue weighted by atomic mass is 28.3. The summed E-state index contributed by atoms with van der Waals surface area (Å²) in [6, 6.07) is 18.3. The van der Waals surface area contributed by atoms with E-state index in [1.165, 1.54) is 5.56 Å². The van der Waals surface area contributed by atoms with E-state index in [1.807, 2.05) is 41.9 Å². The van der Waals surface area contributed by atoms with Gasteiger partial charge in [0.05, 0.1) is 30.7 Å². The van der Waals surface area contributed by atoms with Gasteiger partial charge in [-0.2, -0.15) is 0 Å². The lowest BCUT2D eigenvalue weighted by Crippen LogP contribution is -2.39. The summed E-state index contributed by atoms with van der Waals surface area (Å²) in [6.45, 7) is 9.02. The molecule has 1 saturated heterocycles. The van der Waals surface area contributed by atoms with Crippen molar-refractivity contribution in [3.63, 3.8) is 0 Å². The van der Waals surface area contributed by atoms with Gasteiger partial charge in [0.1, 0.15) is 5.82 Å². The summed E-state index contributed by atoms with van der Waals surface area (Å²) in [5, 5.41) is 2.93. The highest BCUT2D eigenvalue weighted by Gasteiger charge is 2.56. The Balaban J connectivity index is 1.89. The fourth-order valence-electron chi connectivity index (χ4n) is 3.83. The Morgan fingerprint density at radius 2 is 1.60 bits per heavy atom. The number of nitrogens with zero attached hydrogens (tertiary/aromatic N) is 3. The average molecular weight is 350 g/mol. The fourth-order valence-corrected chi connectivity index (χ4v) is 6.11. The Kier molecular flexibility index (Phi) is 3.58. The lowest BCUT2D eigenvalue weighted by atomic mass is 10.2. The van der Waals surface area contributed by atoms with E-state index in [9.17, 15) is 4.79 Å². The van der Waals surface area contributed by atoms with Crippen molar-refractivity contribution in [2.75, 3.05) is 5.01 Å². The van der Waals surface area contributed by atoms with Gasteiger partial charge in [0.2, 0.25) is 0 Å². The van der Waals surface area contributed by atoms with Gasteiger partial charge in [0, 0.05) is 0 Å². The zero-order valence-corrected chi connectivity index (χ0v) is 16.1. The van der Waals surface area contributed by atoms with E-state index in [-0.39, 0.29) is 11.6 Å². The van der Waals surface area contributed by atoms with Crippen LogP contribution in [0.25, 0.3) is 10.9 Å². The van der Waals surface area contributed by atoms with Gasteiger partial charge in [-0.25, -0.2) is 9.66 Å². The summed E-state index contributed by atoms with van der Waals surface area (Å²) in [6.07, 6.45) is 0. The molecule has 3 aromatic rings. The average Bonchev–Trinajstić information content (AvgIpc) is 3.31. The minimum Gasteiger partial charge on any atom is -0.297 e. The first-order chi connectivity index (χ1) is 11.9. The van der Waals surface area contributed by atoms with Crippen LogP contribution in [0.3, 0.4) is 0 Å². The Morgan fingerprint density at radius 1 is 0.960 bits per heavy atom. The van der Waals surface area contributed by atoms with Crippen LogP contribution in [0.2, 0.25) is 19.6 Å². The van der Waals surface area contributed by atoms with Crippen LogP contribution >= 0.6 is 0 Å². The molecule has 2 aromatic carbocycles. The van der Waals surface area contributed by atoms with Crippen molar-refractivity contribution in [3.8, 4) is 0 Å². The highest BCUT2D eigenvalue weighted by Crippen LogP contribution is 2.45. The van der Waals surface area contributed by atoms with Gasteiger partial charge in [-0.3, -0.25) is 9.80 Å². The summed E-state index contributed by atoms with van der Waals surface area (Å²) in [5.41, 5.74) is 2.47. The monoisotopic (exact) mass is 349 g/mol. The van der Waals surface area contributed by atoms with Gasteiger partial charge >= 0.3 is 0 Å². The molecule has 0 amide bonds. The first-order valence-corrected chi connectivity index (χ1v) is 12.3. The van der Waals surface area contributed by atoms with Crippen LogP contribution in [-0.4, -0.2) is 23.4 Å². The Labute approximate surface area is 148 Å². The zero-order valence-electron chi connectivity index (χ0n) is 15.1. The SMILES string of the molecule is Cc1nc2ccccc2c(=O)n1N1[C@@H](c2ccccc2)[C@@H]1[Si](C)(C)C. The lowest BCUT2D eigenvalue weighted by molar-refractivity contribution is 0.711. The van der Waals surface area contributed by atoms with Crippen LogP contribution in [0.5, 0.6) is 0 Å². The van der Waals surface area contributed by atoms with Gasteiger partial charge in [-0.1, -0.05) is 62.1 Å². The summed E-state index contributed by atoms with van der Waals surface area (Å²) in [5.74, 6) is 0.755. The van der Waals surface area contributed by atoms with Crippen molar-refractivity contribution in [2.45, 2.75) is 38.3 Å². The third-order valence-electron chi connectivity index (χ3n) is 4.95. The molecule has 1 aromatic heterocycles. The van der Waals surface area contributed by atoms with Crippen LogP contribution in [-0.2, 0) is 0 Å². The van der Waals surface area contributed by atoms with Gasteiger partial charge in [-0.15, -0.1) is 0 Å². The largest absolute Gasteiger partial charge is 0.297 e. The topological polar surface area (TPSA) is 37.9 Å². The molecule has 0 saturated carbocycles. The molecule has 0 aliphatic carbocycles. The first-order valence-electron chi connectivity index (χ1n) is 8.71. The Bertz CT molecular complexity index is 991. The van der Waals surface area contributed by atoms with E-state index in [4.69, 9.17) is 0 Å². The molecule has 1 fully saturated rings. The van der Waals surface area contributed by atoms with Gasteiger partial charge in [0.15, 0.2) is 0 Å². The maximum absolute atomic E-state index is 13.2. The standard InChI is InChI=1S/C20H23N3OSi/c1-14-21-17-13-9-8-12-16(17)19(24)22(14)23-18(20(23)25(2,3)4)15-10-6-5-7-11-15/h5-13,18,20H,1-4H3/t18-,20-,23?/m0/s1. The van der Waals surface area contributed by atoms with Crippen LogP contribution in [0.1, 0.15) is 17.4 Å². The summed E-state index contributed by atoms with van der Waals surface area (Å²) < 4.78 is 1.81. The van der Waals surface area contributed by atoms with Crippen molar-refractivity contribution in [1.82, 2.24) is 9.66 Å². The number of aryl methyl sites for hydroxylation is 1. The van der Waals surface area contributed by atoms with E-state index in [2.05, 4.69) is 53.9 Å². The summed E-state index contributed by atoms with van der Waals surface area (Å²) >= 11 is 0.